The Bertz CT molecular complexity index is 605. The van der Waals surface area contributed by atoms with Gasteiger partial charge in [-0.3, -0.25) is 5.32 Å². The third-order valence-corrected chi connectivity index (χ3v) is 3.51. The van der Waals surface area contributed by atoms with E-state index in [0.29, 0.717) is 22.5 Å². The van der Waals surface area contributed by atoms with E-state index in [1.165, 1.54) is 18.9 Å². The molecule has 1 fully saturated rings. The zero-order valence-corrected chi connectivity index (χ0v) is 12.7. The van der Waals surface area contributed by atoms with Gasteiger partial charge >= 0.3 is 5.97 Å². The number of nitrogens with zero attached hydrogens (tertiary/aromatic N) is 2. The number of esters is 1. The number of aliphatic imine (C=N–C) groups is 1. The van der Waals surface area contributed by atoms with Crippen LogP contribution in [0.1, 0.15) is 23.2 Å². The maximum Gasteiger partial charge on any atom is 0.337 e. The molecule has 0 aliphatic heterocycles. The van der Waals surface area contributed by atoms with Crippen LogP contribution in [-0.2, 0) is 4.74 Å². The van der Waals surface area contributed by atoms with Crippen LogP contribution in [0, 0.1) is 11.5 Å². The van der Waals surface area contributed by atoms with Gasteiger partial charge in [-0.15, -0.1) is 0 Å². The van der Waals surface area contributed by atoms with Crippen LogP contribution in [0.15, 0.2) is 23.2 Å². The molecule has 0 aromatic heterocycles. The molecule has 1 aromatic rings. The standard InChI is InChI=1S/C14H16N4O2S/c1-20-13(19)9-3-6-11(17-10-4-5-10)12(7-9)18-14(21-2)16-8-15/h3,6-7,10,17H,4-5H2,1-2H3,(H,16,18). The van der Waals surface area contributed by atoms with E-state index in [1.54, 1.807) is 12.1 Å². The minimum absolute atomic E-state index is 0.414. The van der Waals surface area contributed by atoms with Crippen LogP contribution in [0.5, 0.6) is 0 Å². The molecule has 2 rings (SSSR count). The number of benzene rings is 1. The highest BCUT2D eigenvalue weighted by Crippen LogP contribution is 2.32. The molecule has 1 aromatic carbocycles. The molecule has 0 unspecified atom stereocenters. The molecule has 0 heterocycles. The van der Waals surface area contributed by atoms with Crippen molar-refractivity contribution < 1.29 is 9.53 Å². The molecule has 0 spiro atoms. The van der Waals surface area contributed by atoms with E-state index in [9.17, 15) is 4.79 Å². The Morgan fingerprint density at radius 2 is 2.29 bits per heavy atom. The van der Waals surface area contributed by atoms with Crippen LogP contribution < -0.4 is 10.6 Å². The molecule has 1 aliphatic rings. The molecule has 6 nitrogen and oxygen atoms in total. The number of hydrogen-bond acceptors (Lipinski definition) is 6. The highest BCUT2D eigenvalue weighted by Gasteiger charge is 2.22. The lowest BCUT2D eigenvalue weighted by molar-refractivity contribution is 0.0601. The minimum Gasteiger partial charge on any atom is -0.465 e. The van der Waals surface area contributed by atoms with E-state index >= 15 is 0 Å². The number of nitrogens with one attached hydrogen (secondary N) is 2. The molecular formula is C14H16N4O2S. The average Bonchev–Trinajstić information content (AvgIpc) is 3.31. The summed E-state index contributed by atoms with van der Waals surface area (Å²) in [6, 6.07) is 5.63. The SMILES string of the molecule is COC(=O)c1ccc(NC2CC2)c(N=C(NC#N)SC)c1. The zero-order chi connectivity index (χ0) is 15.2. The number of amidine groups is 1. The number of rotatable bonds is 4. The maximum atomic E-state index is 11.6. The molecule has 2 N–H and O–H groups in total. The summed E-state index contributed by atoms with van der Waals surface area (Å²) in [4.78, 5) is 16.0. The lowest BCUT2D eigenvalue weighted by atomic mass is 10.1. The lowest BCUT2D eigenvalue weighted by Gasteiger charge is -2.10. The Kier molecular flexibility index (Phi) is 5.06. The predicted molar refractivity (Wildman–Crippen MR) is 83.8 cm³/mol. The second-order valence-electron chi connectivity index (χ2n) is 4.50. The van der Waals surface area contributed by atoms with Crippen LogP contribution in [0.25, 0.3) is 0 Å². The van der Waals surface area contributed by atoms with Crippen LogP contribution in [0.3, 0.4) is 0 Å². The smallest absolute Gasteiger partial charge is 0.337 e. The molecule has 1 saturated carbocycles. The predicted octanol–water partition coefficient (Wildman–Crippen LogP) is 2.47. The summed E-state index contributed by atoms with van der Waals surface area (Å²) in [5, 5.41) is 15.1. The van der Waals surface area contributed by atoms with Gasteiger partial charge in [-0.25, -0.2) is 9.79 Å². The van der Waals surface area contributed by atoms with Gasteiger partial charge in [0.25, 0.3) is 0 Å². The number of methoxy groups -OCH3 is 1. The van der Waals surface area contributed by atoms with Gasteiger partial charge < -0.3 is 10.1 Å². The van der Waals surface area contributed by atoms with Crippen molar-refractivity contribution in [3.05, 3.63) is 23.8 Å². The van der Waals surface area contributed by atoms with Crippen molar-refractivity contribution in [2.24, 2.45) is 4.99 Å². The maximum absolute atomic E-state index is 11.6. The van der Waals surface area contributed by atoms with E-state index in [4.69, 9.17) is 10.00 Å². The second kappa shape index (κ2) is 6.99. The highest BCUT2D eigenvalue weighted by atomic mass is 32.2. The van der Waals surface area contributed by atoms with Gasteiger partial charge in [-0.1, -0.05) is 11.8 Å². The fourth-order valence-electron chi connectivity index (χ4n) is 1.72. The fourth-order valence-corrected chi connectivity index (χ4v) is 2.06. The number of thioether (sulfide) groups is 1. The molecule has 0 atom stereocenters. The van der Waals surface area contributed by atoms with E-state index in [-0.39, 0.29) is 0 Å². The van der Waals surface area contributed by atoms with E-state index in [1.807, 2.05) is 18.5 Å². The number of carbonyl (C=O) groups is 1. The van der Waals surface area contributed by atoms with Gasteiger partial charge in [0.1, 0.15) is 0 Å². The molecule has 0 saturated heterocycles. The Hall–Kier alpha value is -2.20. The van der Waals surface area contributed by atoms with E-state index in [0.717, 1.165) is 18.5 Å². The number of anilines is 1. The lowest BCUT2D eigenvalue weighted by Crippen LogP contribution is -2.13. The molecule has 110 valence electrons. The van der Waals surface area contributed by atoms with E-state index in [2.05, 4.69) is 15.6 Å². The van der Waals surface area contributed by atoms with Gasteiger partial charge in [-0.05, 0) is 37.3 Å². The van der Waals surface area contributed by atoms with Crippen molar-refractivity contribution in [3.8, 4) is 6.19 Å². The largest absolute Gasteiger partial charge is 0.465 e. The van der Waals surface area contributed by atoms with Crippen molar-refractivity contribution in [3.63, 3.8) is 0 Å². The first-order valence-corrected chi connectivity index (χ1v) is 7.67. The van der Waals surface area contributed by atoms with Crippen molar-refractivity contribution in [1.29, 1.82) is 5.26 Å². The highest BCUT2D eigenvalue weighted by molar-refractivity contribution is 8.13. The first-order chi connectivity index (χ1) is 10.2. The third-order valence-electron chi connectivity index (χ3n) is 2.93. The van der Waals surface area contributed by atoms with Gasteiger partial charge in [0.15, 0.2) is 11.4 Å². The number of hydrogen-bond donors (Lipinski definition) is 2. The monoisotopic (exact) mass is 304 g/mol. The first kappa shape index (κ1) is 15.2. The summed E-state index contributed by atoms with van der Waals surface area (Å²) in [6.07, 6.45) is 5.93. The summed E-state index contributed by atoms with van der Waals surface area (Å²) < 4.78 is 4.72. The normalized spacial score (nSPS) is 14.2. The van der Waals surface area contributed by atoms with Crippen molar-refractivity contribution in [2.75, 3.05) is 18.7 Å². The number of nitriles is 1. The van der Waals surface area contributed by atoms with Crippen LogP contribution in [0.2, 0.25) is 0 Å². The van der Waals surface area contributed by atoms with Crippen molar-refractivity contribution in [1.82, 2.24) is 5.32 Å². The van der Waals surface area contributed by atoms with Crippen LogP contribution in [0.4, 0.5) is 11.4 Å². The van der Waals surface area contributed by atoms with Gasteiger partial charge in [-0.2, -0.15) is 5.26 Å². The molecular weight excluding hydrogens is 288 g/mol. The van der Waals surface area contributed by atoms with Crippen molar-refractivity contribution in [2.45, 2.75) is 18.9 Å². The quantitative estimate of drug-likeness (QED) is 0.292. The Morgan fingerprint density at radius 1 is 1.52 bits per heavy atom. The van der Waals surface area contributed by atoms with Crippen LogP contribution in [-0.4, -0.2) is 30.5 Å². The average molecular weight is 304 g/mol. The molecule has 0 bridgehead atoms. The van der Waals surface area contributed by atoms with Gasteiger partial charge in [0.05, 0.1) is 24.0 Å². The van der Waals surface area contributed by atoms with E-state index < -0.39 is 5.97 Å². The molecule has 7 heteroatoms. The number of carbonyl (C=O) groups excluding carboxylic acids is 1. The number of ether oxygens (including phenoxy) is 1. The first-order valence-electron chi connectivity index (χ1n) is 6.44. The molecule has 0 radical (unpaired) electrons. The van der Waals surface area contributed by atoms with Gasteiger partial charge in [0.2, 0.25) is 0 Å². The fraction of sp³-hybridized carbons (Fsp3) is 0.357. The second-order valence-corrected chi connectivity index (χ2v) is 5.29. The summed E-state index contributed by atoms with van der Waals surface area (Å²) in [5.41, 5.74) is 1.88. The molecule has 0 amide bonds. The Balaban J connectivity index is 2.36. The Morgan fingerprint density at radius 3 is 2.86 bits per heavy atom. The summed E-state index contributed by atoms with van der Waals surface area (Å²) in [6.45, 7) is 0. The molecule has 1 aliphatic carbocycles. The van der Waals surface area contributed by atoms with Crippen molar-refractivity contribution >= 4 is 34.3 Å². The zero-order valence-electron chi connectivity index (χ0n) is 11.8. The third kappa shape index (κ3) is 4.13. The minimum atomic E-state index is -0.414. The van der Waals surface area contributed by atoms with Gasteiger partial charge in [0, 0.05) is 6.04 Å². The molecule has 21 heavy (non-hydrogen) atoms. The Labute approximate surface area is 127 Å². The van der Waals surface area contributed by atoms with Crippen LogP contribution >= 0.6 is 11.8 Å². The summed E-state index contributed by atoms with van der Waals surface area (Å²) >= 11 is 1.32. The summed E-state index contributed by atoms with van der Waals surface area (Å²) in [7, 11) is 1.34. The summed E-state index contributed by atoms with van der Waals surface area (Å²) in [5.74, 6) is -0.414. The topological polar surface area (TPSA) is 86.5 Å².